The molecule has 0 N–H and O–H groups in total. The normalized spacial score (nSPS) is 21.4. The van der Waals surface area contributed by atoms with Crippen molar-refractivity contribution < 1.29 is 13.9 Å². The molecule has 1 aromatic rings. The van der Waals surface area contributed by atoms with Gasteiger partial charge in [-0.05, 0) is 23.9 Å². The third-order valence-corrected chi connectivity index (χ3v) is 3.10. The van der Waals surface area contributed by atoms with Crippen LogP contribution in [0.15, 0.2) is 11.4 Å². The molecule has 2 heterocycles. The molecule has 1 atom stereocenters. The highest BCUT2D eigenvalue weighted by Crippen LogP contribution is 2.28. The van der Waals surface area contributed by atoms with Crippen molar-refractivity contribution in [1.29, 1.82) is 0 Å². The Bertz CT molecular complexity index is 352. The molecule has 76 valence electrons. The highest BCUT2D eigenvalue weighted by atomic mass is 32.1. The minimum Gasteiger partial charge on any atom is -0.441 e. The molecule has 1 aliphatic rings. The quantitative estimate of drug-likeness (QED) is 0.757. The van der Waals surface area contributed by atoms with E-state index in [1.165, 1.54) is 16.2 Å². The Balaban J connectivity index is 2.16. The first-order chi connectivity index (χ1) is 6.70. The number of aryl methyl sites for hydroxylation is 1. The number of anilines is 1. The second-order valence-corrected chi connectivity index (χ2v) is 4.12. The van der Waals surface area contributed by atoms with E-state index in [9.17, 15) is 9.18 Å². The van der Waals surface area contributed by atoms with E-state index in [0.717, 1.165) is 10.6 Å². The van der Waals surface area contributed by atoms with E-state index in [-0.39, 0.29) is 0 Å². The van der Waals surface area contributed by atoms with Crippen LogP contribution in [0.1, 0.15) is 5.56 Å². The van der Waals surface area contributed by atoms with Crippen LogP contribution in [0.5, 0.6) is 0 Å². The van der Waals surface area contributed by atoms with Crippen molar-refractivity contribution in [3.63, 3.8) is 0 Å². The molecule has 1 saturated heterocycles. The predicted octanol–water partition coefficient (Wildman–Crippen LogP) is 2.35. The number of cyclic esters (lactones) is 1. The van der Waals surface area contributed by atoms with Crippen LogP contribution in [-0.2, 0) is 4.74 Å². The van der Waals surface area contributed by atoms with Gasteiger partial charge in [0.05, 0.1) is 6.54 Å². The smallest absolute Gasteiger partial charge is 0.415 e. The van der Waals surface area contributed by atoms with Crippen LogP contribution in [0, 0.1) is 6.92 Å². The zero-order valence-electron chi connectivity index (χ0n) is 7.70. The van der Waals surface area contributed by atoms with E-state index in [0.29, 0.717) is 6.54 Å². The number of rotatable bonds is 2. The molecule has 0 saturated carbocycles. The number of alkyl halides is 1. The maximum atomic E-state index is 12.3. The molecule has 0 aliphatic carbocycles. The van der Waals surface area contributed by atoms with Crippen LogP contribution < -0.4 is 4.90 Å². The first kappa shape index (κ1) is 9.45. The number of hydrogen-bond acceptors (Lipinski definition) is 3. The van der Waals surface area contributed by atoms with Gasteiger partial charge in [0.15, 0.2) is 0 Å². The van der Waals surface area contributed by atoms with Crippen molar-refractivity contribution in [3.05, 3.63) is 17.0 Å². The van der Waals surface area contributed by atoms with Crippen molar-refractivity contribution in [1.82, 2.24) is 0 Å². The number of ether oxygens (including phenoxy) is 1. The van der Waals surface area contributed by atoms with Gasteiger partial charge in [0.1, 0.15) is 17.8 Å². The second-order valence-electron chi connectivity index (χ2n) is 3.23. The molecule has 0 radical (unpaired) electrons. The van der Waals surface area contributed by atoms with E-state index < -0.39 is 18.9 Å². The second kappa shape index (κ2) is 3.57. The fourth-order valence-electron chi connectivity index (χ4n) is 1.34. The molecule has 5 heteroatoms. The van der Waals surface area contributed by atoms with Crippen LogP contribution in [0.4, 0.5) is 14.2 Å². The van der Waals surface area contributed by atoms with Gasteiger partial charge >= 0.3 is 6.09 Å². The minimum atomic E-state index is -0.618. The molecule has 1 aliphatic heterocycles. The maximum Gasteiger partial charge on any atom is 0.415 e. The summed E-state index contributed by atoms with van der Waals surface area (Å²) in [6, 6.07) is 1.90. The van der Waals surface area contributed by atoms with E-state index in [1.807, 2.05) is 18.4 Å². The lowest BCUT2D eigenvalue weighted by Crippen LogP contribution is -2.23. The summed E-state index contributed by atoms with van der Waals surface area (Å²) in [5, 5.41) is 2.77. The number of nitrogens with zero attached hydrogens (tertiary/aromatic N) is 1. The summed E-state index contributed by atoms with van der Waals surface area (Å²) in [6.45, 7) is 1.65. The van der Waals surface area contributed by atoms with Gasteiger partial charge < -0.3 is 4.74 Å². The van der Waals surface area contributed by atoms with Gasteiger partial charge in [-0.3, -0.25) is 4.90 Å². The summed E-state index contributed by atoms with van der Waals surface area (Å²) >= 11 is 1.47. The summed E-state index contributed by atoms with van der Waals surface area (Å²) in [4.78, 5) is 12.8. The molecular weight excluding hydrogens is 205 g/mol. The average molecular weight is 215 g/mol. The lowest BCUT2D eigenvalue weighted by atomic mass is 10.3. The highest BCUT2D eigenvalue weighted by Gasteiger charge is 2.32. The molecular formula is C9H10FNO2S. The van der Waals surface area contributed by atoms with E-state index in [4.69, 9.17) is 4.74 Å². The number of halogens is 1. The zero-order valence-corrected chi connectivity index (χ0v) is 8.51. The standard InChI is InChI=1S/C9H10FNO2S/c1-6-2-8(14-5-6)11-4-7(3-10)13-9(11)12/h2,5,7H,3-4H2,1H3. The number of carbonyl (C=O) groups excluding carboxylic acids is 1. The Morgan fingerprint density at radius 3 is 3.07 bits per heavy atom. The lowest BCUT2D eigenvalue weighted by molar-refractivity contribution is 0.125. The zero-order chi connectivity index (χ0) is 10.1. The van der Waals surface area contributed by atoms with Crippen LogP contribution in [0.2, 0.25) is 0 Å². The maximum absolute atomic E-state index is 12.3. The monoisotopic (exact) mass is 215 g/mol. The third kappa shape index (κ3) is 1.59. The van der Waals surface area contributed by atoms with Gasteiger partial charge in [-0.25, -0.2) is 9.18 Å². The minimum absolute atomic E-state index is 0.315. The van der Waals surface area contributed by atoms with Crippen LogP contribution in [-0.4, -0.2) is 25.4 Å². The summed E-state index contributed by atoms with van der Waals surface area (Å²) in [5.41, 5.74) is 1.10. The Labute approximate surface area is 85.1 Å². The molecule has 0 spiro atoms. The van der Waals surface area contributed by atoms with Crippen LogP contribution >= 0.6 is 11.3 Å². The summed E-state index contributed by atoms with van der Waals surface area (Å²) in [7, 11) is 0. The SMILES string of the molecule is Cc1csc(N2CC(CF)OC2=O)c1. The summed E-state index contributed by atoms with van der Waals surface area (Å²) in [5.74, 6) is 0. The van der Waals surface area contributed by atoms with E-state index in [2.05, 4.69) is 0 Å². The Hall–Kier alpha value is -1.10. The molecule has 1 aromatic heterocycles. The predicted molar refractivity (Wildman–Crippen MR) is 52.6 cm³/mol. The largest absolute Gasteiger partial charge is 0.441 e. The average Bonchev–Trinajstić information content (AvgIpc) is 2.71. The molecule has 3 nitrogen and oxygen atoms in total. The van der Waals surface area contributed by atoms with E-state index in [1.54, 1.807) is 0 Å². The van der Waals surface area contributed by atoms with Gasteiger partial charge in [-0.15, -0.1) is 11.3 Å². The topological polar surface area (TPSA) is 29.5 Å². The van der Waals surface area contributed by atoms with Crippen molar-refractivity contribution in [2.45, 2.75) is 13.0 Å². The molecule has 0 bridgehead atoms. The summed E-state index contributed by atoms with van der Waals surface area (Å²) in [6.07, 6.45) is -1.06. The fraction of sp³-hybridized carbons (Fsp3) is 0.444. The number of carbonyl (C=O) groups is 1. The molecule has 1 fully saturated rings. The third-order valence-electron chi connectivity index (χ3n) is 2.03. The molecule has 2 rings (SSSR count). The van der Waals surface area contributed by atoms with Crippen molar-refractivity contribution >= 4 is 22.4 Å². The van der Waals surface area contributed by atoms with Gasteiger partial charge in [0.2, 0.25) is 0 Å². The first-order valence-electron chi connectivity index (χ1n) is 4.30. The van der Waals surface area contributed by atoms with Crippen LogP contribution in [0.25, 0.3) is 0 Å². The van der Waals surface area contributed by atoms with E-state index >= 15 is 0 Å². The number of hydrogen-bond donors (Lipinski definition) is 0. The Morgan fingerprint density at radius 2 is 2.57 bits per heavy atom. The highest BCUT2D eigenvalue weighted by molar-refractivity contribution is 7.14. The fourth-order valence-corrected chi connectivity index (χ4v) is 2.24. The lowest BCUT2D eigenvalue weighted by Gasteiger charge is -2.08. The Morgan fingerprint density at radius 1 is 1.79 bits per heavy atom. The van der Waals surface area contributed by atoms with Gasteiger partial charge in [-0.2, -0.15) is 0 Å². The van der Waals surface area contributed by atoms with Crippen molar-refractivity contribution in [3.8, 4) is 0 Å². The number of thiophene rings is 1. The van der Waals surface area contributed by atoms with Crippen LogP contribution in [0.3, 0.4) is 0 Å². The molecule has 1 unspecified atom stereocenters. The van der Waals surface area contributed by atoms with Crippen molar-refractivity contribution in [2.24, 2.45) is 0 Å². The molecule has 1 amide bonds. The number of amides is 1. The van der Waals surface area contributed by atoms with Gasteiger partial charge in [0.25, 0.3) is 0 Å². The summed E-state index contributed by atoms with van der Waals surface area (Å²) < 4.78 is 17.1. The Kier molecular flexibility index (Phi) is 2.41. The van der Waals surface area contributed by atoms with Crippen molar-refractivity contribution in [2.75, 3.05) is 18.1 Å². The first-order valence-corrected chi connectivity index (χ1v) is 5.18. The van der Waals surface area contributed by atoms with Gasteiger partial charge in [0, 0.05) is 0 Å². The van der Waals surface area contributed by atoms with Gasteiger partial charge in [-0.1, -0.05) is 0 Å². The molecule has 14 heavy (non-hydrogen) atoms. The molecule has 0 aromatic carbocycles.